The smallest absolute Gasteiger partial charge is 0.305 e. The Morgan fingerprint density at radius 2 is 2.06 bits per heavy atom. The van der Waals surface area contributed by atoms with Crippen molar-refractivity contribution < 1.29 is 24.3 Å². The SMILES string of the molecule is CC1(C)O[C@H](CC[N+](=O)[O-])C[C@H](CC(=O)O)O1. The molecule has 1 aliphatic rings. The fourth-order valence-corrected chi connectivity index (χ4v) is 1.97. The maximum absolute atomic E-state index is 10.6. The molecule has 0 amide bonds. The summed E-state index contributed by atoms with van der Waals surface area (Å²) >= 11 is 0. The molecule has 7 nitrogen and oxygen atoms in total. The molecule has 17 heavy (non-hydrogen) atoms. The van der Waals surface area contributed by atoms with Crippen molar-refractivity contribution in [2.24, 2.45) is 0 Å². The lowest BCUT2D eigenvalue weighted by molar-refractivity contribution is -0.484. The number of hydrogen-bond acceptors (Lipinski definition) is 5. The van der Waals surface area contributed by atoms with E-state index in [4.69, 9.17) is 14.6 Å². The van der Waals surface area contributed by atoms with Crippen molar-refractivity contribution in [2.75, 3.05) is 6.54 Å². The number of aliphatic carboxylic acids is 1. The topological polar surface area (TPSA) is 98.9 Å². The van der Waals surface area contributed by atoms with Crippen LogP contribution >= 0.6 is 0 Å². The number of nitro groups is 1. The highest BCUT2D eigenvalue weighted by molar-refractivity contribution is 5.67. The van der Waals surface area contributed by atoms with Crippen molar-refractivity contribution in [1.82, 2.24) is 0 Å². The van der Waals surface area contributed by atoms with Crippen molar-refractivity contribution in [3.63, 3.8) is 0 Å². The molecule has 0 aromatic rings. The summed E-state index contributed by atoms with van der Waals surface area (Å²) in [5.41, 5.74) is 0. The summed E-state index contributed by atoms with van der Waals surface area (Å²) in [4.78, 5) is 20.5. The van der Waals surface area contributed by atoms with E-state index in [1.165, 1.54) is 0 Å². The molecule has 0 unspecified atom stereocenters. The third kappa shape index (κ3) is 5.10. The average molecular weight is 247 g/mol. The van der Waals surface area contributed by atoms with Crippen LogP contribution in [-0.2, 0) is 14.3 Å². The highest BCUT2D eigenvalue weighted by Gasteiger charge is 2.36. The molecule has 2 atom stereocenters. The Kier molecular flexibility index (Phi) is 4.41. The van der Waals surface area contributed by atoms with E-state index >= 15 is 0 Å². The van der Waals surface area contributed by atoms with E-state index in [-0.39, 0.29) is 25.5 Å². The Hall–Kier alpha value is -1.21. The fraction of sp³-hybridized carbons (Fsp3) is 0.900. The molecule has 1 rings (SSSR count). The van der Waals surface area contributed by atoms with Crippen molar-refractivity contribution in [1.29, 1.82) is 0 Å². The minimum absolute atomic E-state index is 0.109. The first-order valence-electron chi connectivity index (χ1n) is 5.48. The summed E-state index contributed by atoms with van der Waals surface area (Å²) in [5.74, 6) is -1.83. The van der Waals surface area contributed by atoms with Gasteiger partial charge in [0, 0.05) is 17.8 Å². The summed E-state index contributed by atoms with van der Waals surface area (Å²) in [6, 6.07) is 0. The van der Waals surface area contributed by atoms with Crippen molar-refractivity contribution in [2.45, 2.75) is 51.1 Å². The zero-order chi connectivity index (χ0) is 13.1. The van der Waals surface area contributed by atoms with Gasteiger partial charge in [0.15, 0.2) is 5.79 Å². The summed E-state index contributed by atoms with van der Waals surface area (Å²) in [6.07, 6.45) is -0.233. The zero-order valence-electron chi connectivity index (χ0n) is 9.92. The maximum atomic E-state index is 10.6. The van der Waals surface area contributed by atoms with E-state index in [0.717, 1.165) is 0 Å². The lowest BCUT2D eigenvalue weighted by Gasteiger charge is -2.40. The van der Waals surface area contributed by atoms with Gasteiger partial charge in [-0.25, -0.2) is 0 Å². The van der Waals surface area contributed by atoms with Crippen LogP contribution in [0.25, 0.3) is 0 Å². The molecule has 1 saturated heterocycles. The number of hydrogen-bond donors (Lipinski definition) is 1. The molecule has 1 fully saturated rings. The number of carbonyl (C=O) groups is 1. The van der Waals surface area contributed by atoms with E-state index < -0.39 is 22.8 Å². The van der Waals surface area contributed by atoms with Gasteiger partial charge in [0.1, 0.15) is 0 Å². The van der Waals surface area contributed by atoms with Gasteiger partial charge >= 0.3 is 5.97 Å². The molecule has 0 bridgehead atoms. The Morgan fingerprint density at radius 1 is 1.47 bits per heavy atom. The molecular weight excluding hydrogens is 230 g/mol. The molecule has 0 radical (unpaired) electrons. The number of carboxylic acids is 1. The minimum Gasteiger partial charge on any atom is -0.481 e. The van der Waals surface area contributed by atoms with Crippen LogP contribution in [0, 0.1) is 10.1 Å². The molecular formula is C10H17NO6. The third-order valence-electron chi connectivity index (χ3n) is 2.46. The van der Waals surface area contributed by atoms with Crippen LogP contribution in [0.3, 0.4) is 0 Å². The van der Waals surface area contributed by atoms with E-state index in [1.54, 1.807) is 13.8 Å². The van der Waals surface area contributed by atoms with Gasteiger partial charge in [-0.2, -0.15) is 0 Å². The van der Waals surface area contributed by atoms with E-state index in [2.05, 4.69) is 0 Å². The summed E-state index contributed by atoms with van der Waals surface area (Å²) in [7, 11) is 0. The third-order valence-corrected chi connectivity index (χ3v) is 2.46. The largest absolute Gasteiger partial charge is 0.481 e. The van der Waals surface area contributed by atoms with Gasteiger partial charge in [-0.15, -0.1) is 0 Å². The highest BCUT2D eigenvalue weighted by Crippen LogP contribution is 2.29. The number of rotatable bonds is 5. The fourth-order valence-electron chi connectivity index (χ4n) is 1.97. The van der Waals surface area contributed by atoms with Crippen molar-refractivity contribution in [3.05, 3.63) is 10.1 Å². The van der Waals surface area contributed by atoms with Gasteiger partial charge in [-0.1, -0.05) is 0 Å². The molecule has 1 aliphatic heterocycles. The Bertz CT molecular complexity index is 303. The Morgan fingerprint density at radius 3 is 2.59 bits per heavy atom. The maximum Gasteiger partial charge on any atom is 0.305 e. The minimum atomic E-state index is -0.944. The number of ether oxygens (including phenoxy) is 2. The van der Waals surface area contributed by atoms with E-state index in [0.29, 0.717) is 6.42 Å². The second-order valence-corrected chi connectivity index (χ2v) is 4.56. The van der Waals surface area contributed by atoms with Crippen LogP contribution in [0.4, 0.5) is 0 Å². The summed E-state index contributed by atoms with van der Waals surface area (Å²) < 4.78 is 11.0. The number of nitrogens with zero attached hydrogens (tertiary/aromatic N) is 1. The predicted octanol–water partition coefficient (Wildman–Crippen LogP) is 1.04. The molecule has 0 saturated carbocycles. The molecule has 1 N–H and O–H groups in total. The second-order valence-electron chi connectivity index (χ2n) is 4.56. The monoisotopic (exact) mass is 247 g/mol. The standard InChI is InChI=1S/C10H17NO6/c1-10(2)16-7(3-4-11(14)15)5-8(17-10)6-9(12)13/h7-8H,3-6H2,1-2H3,(H,12,13)/t7-,8-/m1/s1. The molecule has 7 heteroatoms. The molecule has 0 aliphatic carbocycles. The number of carboxylic acid groups (broad SMARTS) is 1. The summed E-state index contributed by atoms with van der Waals surface area (Å²) in [5, 5.41) is 19.0. The van der Waals surface area contributed by atoms with Crippen molar-refractivity contribution >= 4 is 5.97 Å². The van der Waals surface area contributed by atoms with E-state index in [1.807, 2.05) is 0 Å². The van der Waals surface area contributed by atoms with Gasteiger partial charge in [-0.3, -0.25) is 14.9 Å². The predicted molar refractivity (Wildman–Crippen MR) is 57.2 cm³/mol. The molecule has 0 aromatic carbocycles. The molecule has 0 aromatic heterocycles. The molecule has 1 heterocycles. The van der Waals surface area contributed by atoms with E-state index in [9.17, 15) is 14.9 Å². The first-order valence-corrected chi connectivity index (χ1v) is 5.48. The van der Waals surface area contributed by atoms with Crippen LogP contribution in [0.1, 0.15) is 33.1 Å². The van der Waals surface area contributed by atoms with Crippen LogP contribution in [0.5, 0.6) is 0 Å². The van der Waals surface area contributed by atoms with Gasteiger partial charge in [0.2, 0.25) is 6.54 Å². The van der Waals surface area contributed by atoms with Crippen LogP contribution in [0.15, 0.2) is 0 Å². The Balaban J connectivity index is 2.54. The molecule has 0 spiro atoms. The normalized spacial score (nSPS) is 27.6. The first-order chi connectivity index (χ1) is 7.78. The second kappa shape index (κ2) is 5.42. The van der Waals surface area contributed by atoms with Crippen LogP contribution in [0.2, 0.25) is 0 Å². The van der Waals surface area contributed by atoms with Gasteiger partial charge in [-0.05, 0) is 13.8 Å². The quantitative estimate of drug-likeness (QED) is 0.575. The van der Waals surface area contributed by atoms with Crippen LogP contribution < -0.4 is 0 Å². The van der Waals surface area contributed by atoms with Gasteiger partial charge in [0.25, 0.3) is 0 Å². The highest BCUT2D eigenvalue weighted by atomic mass is 16.7. The van der Waals surface area contributed by atoms with Crippen LogP contribution in [-0.4, -0.2) is 40.5 Å². The summed E-state index contributed by atoms with van der Waals surface area (Å²) in [6.45, 7) is 3.18. The average Bonchev–Trinajstić information content (AvgIpc) is 2.10. The lowest BCUT2D eigenvalue weighted by atomic mass is 10.0. The molecule has 98 valence electrons. The van der Waals surface area contributed by atoms with Gasteiger partial charge < -0.3 is 14.6 Å². The first kappa shape index (κ1) is 13.9. The lowest BCUT2D eigenvalue weighted by Crippen LogP contribution is -2.45. The van der Waals surface area contributed by atoms with Crippen molar-refractivity contribution in [3.8, 4) is 0 Å². The Labute approximate surface area is 98.9 Å². The van der Waals surface area contributed by atoms with Gasteiger partial charge in [0.05, 0.1) is 18.6 Å². The zero-order valence-corrected chi connectivity index (χ0v) is 9.92.